The molecular weight excluding hydrogens is 346 g/mol. The first-order valence-electron chi connectivity index (χ1n) is 9.14. The molecule has 2 aromatic rings. The molecule has 1 atom stereocenters. The largest absolute Gasteiger partial charge is 0.508 e. The van der Waals surface area contributed by atoms with Gasteiger partial charge in [-0.2, -0.15) is 0 Å². The van der Waals surface area contributed by atoms with Crippen molar-refractivity contribution in [3.63, 3.8) is 0 Å². The molecule has 27 heavy (non-hydrogen) atoms. The van der Waals surface area contributed by atoms with Gasteiger partial charge in [0.1, 0.15) is 24.2 Å². The maximum absolute atomic E-state index is 9.32. The number of rotatable bonds is 8. The molecule has 1 aliphatic heterocycles. The molecule has 0 spiro atoms. The van der Waals surface area contributed by atoms with Crippen molar-refractivity contribution in [1.29, 1.82) is 0 Å². The van der Waals surface area contributed by atoms with Gasteiger partial charge in [0, 0.05) is 19.6 Å². The number of nitrogens with zero attached hydrogens (tertiary/aromatic N) is 1. The molecule has 0 amide bonds. The summed E-state index contributed by atoms with van der Waals surface area (Å²) in [5.74, 6) is 2.48. The van der Waals surface area contributed by atoms with Crippen molar-refractivity contribution < 1.29 is 24.1 Å². The number of morpholine rings is 1. The molecule has 6 nitrogen and oxygen atoms in total. The minimum absolute atomic E-state index is 0.0398. The fourth-order valence-corrected chi connectivity index (χ4v) is 3.14. The van der Waals surface area contributed by atoms with Gasteiger partial charge in [-0.3, -0.25) is 4.90 Å². The minimum Gasteiger partial charge on any atom is -0.508 e. The number of aromatic hydroxyl groups is 1. The molecular formula is C21H27NO5. The van der Waals surface area contributed by atoms with E-state index in [4.69, 9.17) is 18.9 Å². The van der Waals surface area contributed by atoms with E-state index in [1.807, 2.05) is 12.1 Å². The molecule has 0 radical (unpaired) electrons. The summed E-state index contributed by atoms with van der Waals surface area (Å²) in [6, 6.07) is 12.8. The van der Waals surface area contributed by atoms with E-state index < -0.39 is 0 Å². The molecule has 6 heteroatoms. The van der Waals surface area contributed by atoms with Crippen LogP contribution in [0.1, 0.15) is 5.56 Å². The fourth-order valence-electron chi connectivity index (χ4n) is 3.14. The predicted molar refractivity (Wildman–Crippen MR) is 103 cm³/mol. The predicted octanol–water partition coefficient (Wildman–Crippen LogP) is 2.73. The highest BCUT2D eigenvalue weighted by Crippen LogP contribution is 2.27. The van der Waals surface area contributed by atoms with Crippen molar-refractivity contribution in [3.05, 3.63) is 48.0 Å². The summed E-state index contributed by atoms with van der Waals surface area (Å²) in [4.78, 5) is 2.39. The third-order valence-corrected chi connectivity index (χ3v) is 4.66. The second kappa shape index (κ2) is 9.48. The fraction of sp³-hybridized carbons (Fsp3) is 0.429. The van der Waals surface area contributed by atoms with Crippen LogP contribution in [0, 0.1) is 0 Å². The summed E-state index contributed by atoms with van der Waals surface area (Å²) in [5.41, 5.74) is 1.22. The van der Waals surface area contributed by atoms with Gasteiger partial charge in [0.25, 0.3) is 0 Å². The molecule has 1 fully saturated rings. The smallest absolute Gasteiger partial charge is 0.160 e. The summed E-state index contributed by atoms with van der Waals surface area (Å²) < 4.78 is 22.3. The van der Waals surface area contributed by atoms with E-state index in [0.29, 0.717) is 13.2 Å². The molecule has 1 N–H and O–H groups in total. The number of hydrogen-bond donors (Lipinski definition) is 1. The molecule has 1 heterocycles. The van der Waals surface area contributed by atoms with Crippen LogP contribution in [-0.2, 0) is 11.2 Å². The Hall–Kier alpha value is -2.44. The van der Waals surface area contributed by atoms with E-state index in [0.717, 1.165) is 43.3 Å². The Morgan fingerprint density at radius 1 is 1.07 bits per heavy atom. The first-order chi connectivity index (χ1) is 13.2. The summed E-state index contributed by atoms with van der Waals surface area (Å²) >= 11 is 0. The van der Waals surface area contributed by atoms with Crippen LogP contribution in [0.4, 0.5) is 0 Å². The standard InChI is InChI=1S/C21H27NO5/c1-24-20-8-3-16(13-21(20)25-2)9-10-22-11-12-26-19(14-22)15-27-18-6-4-17(23)5-7-18/h3-8,13,19,23H,9-12,14-15H2,1-2H3. The minimum atomic E-state index is 0.0398. The van der Waals surface area contributed by atoms with E-state index in [9.17, 15) is 5.11 Å². The van der Waals surface area contributed by atoms with Crippen LogP contribution < -0.4 is 14.2 Å². The van der Waals surface area contributed by atoms with Crippen LogP contribution in [0.2, 0.25) is 0 Å². The molecule has 146 valence electrons. The van der Waals surface area contributed by atoms with E-state index in [2.05, 4.69) is 11.0 Å². The van der Waals surface area contributed by atoms with E-state index in [1.54, 1.807) is 38.5 Å². The van der Waals surface area contributed by atoms with Crippen molar-refractivity contribution in [3.8, 4) is 23.0 Å². The maximum Gasteiger partial charge on any atom is 0.160 e. The number of ether oxygens (including phenoxy) is 4. The van der Waals surface area contributed by atoms with Gasteiger partial charge in [-0.1, -0.05) is 6.07 Å². The van der Waals surface area contributed by atoms with Gasteiger partial charge < -0.3 is 24.1 Å². The number of phenols is 1. The van der Waals surface area contributed by atoms with Crippen LogP contribution in [0.3, 0.4) is 0 Å². The van der Waals surface area contributed by atoms with Crippen LogP contribution in [0.15, 0.2) is 42.5 Å². The Morgan fingerprint density at radius 3 is 2.59 bits per heavy atom. The lowest BCUT2D eigenvalue weighted by molar-refractivity contribution is -0.0475. The summed E-state index contributed by atoms with van der Waals surface area (Å²) in [6.45, 7) is 3.91. The highest BCUT2D eigenvalue weighted by atomic mass is 16.5. The quantitative estimate of drug-likeness (QED) is 0.768. The summed E-state index contributed by atoms with van der Waals surface area (Å²) in [7, 11) is 3.30. The molecule has 1 unspecified atom stereocenters. The van der Waals surface area contributed by atoms with Crippen LogP contribution in [-0.4, -0.2) is 63.2 Å². The van der Waals surface area contributed by atoms with Crippen molar-refractivity contribution >= 4 is 0 Å². The van der Waals surface area contributed by atoms with Crippen molar-refractivity contribution in [2.24, 2.45) is 0 Å². The molecule has 0 saturated carbocycles. The van der Waals surface area contributed by atoms with Gasteiger partial charge in [0.2, 0.25) is 0 Å². The van der Waals surface area contributed by atoms with Gasteiger partial charge in [0.05, 0.1) is 20.8 Å². The summed E-state index contributed by atoms with van der Waals surface area (Å²) in [6.07, 6.45) is 0.976. The normalized spacial score (nSPS) is 17.5. The van der Waals surface area contributed by atoms with Crippen molar-refractivity contribution in [2.75, 3.05) is 47.1 Å². The lowest BCUT2D eigenvalue weighted by atomic mass is 10.1. The van der Waals surface area contributed by atoms with Crippen LogP contribution >= 0.6 is 0 Å². The average molecular weight is 373 g/mol. The Bertz CT molecular complexity index is 719. The summed E-state index contributed by atoms with van der Waals surface area (Å²) in [5, 5.41) is 9.32. The van der Waals surface area contributed by atoms with Crippen LogP contribution in [0.5, 0.6) is 23.0 Å². The number of methoxy groups -OCH3 is 2. The molecule has 0 aromatic heterocycles. The molecule has 2 aromatic carbocycles. The zero-order chi connectivity index (χ0) is 19.1. The maximum atomic E-state index is 9.32. The molecule has 1 aliphatic rings. The van der Waals surface area contributed by atoms with E-state index in [1.165, 1.54) is 5.56 Å². The molecule has 0 aliphatic carbocycles. The number of phenolic OH excluding ortho intramolecular Hbond substituents is 1. The number of hydrogen-bond acceptors (Lipinski definition) is 6. The third kappa shape index (κ3) is 5.52. The molecule has 0 bridgehead atoms. The van der Waals surface area contributed by atoms with Gasteiger partial charge in [-0.15, -0.1) is 0 Å². The Kier molecular flexibility index (Phi) is 6.79. The Labute approximate surface area is 160 Å². The lowest BCUT2D eigenvalue weighted by Gasteiger charge is -2.32. The van der Waals surface area contributed by atoms with Gasteiger partial charge in [0.15, 0.2) is 11.5 Å². The topological polar surface area (TPSA) is 60.4 Å². The highest BCUT2D eigenvalue weighted by molar-refractivity contribution is 5.43. The number of benzene rings is 2. The molecule has 1 saturated heterocycles. The monoisotopic (exact) mass is 373 g/mol. The van der Waals surface area contributed by atoms with Gasteiger partial charge >= 0.3 is 0 Å². The molecule has 3 rings (SSSR count). The third-order valence-electron chi connectivity index (χ3n) is 4.66. The Morgan fingerprint density at radius 2 is 1.85 bits per heavy atom. The second-order valence-corrected chi connectivity index (χ2v) is 6.54. The van der Waals surface area contributed by atoms with Crippen LogP contribution in [0.25, 0.3) is 0 Å². The SMILES string of the molecule is COc1ccc(CCN2CCOC(COc3ccc(O)cc3)C2)cc1OC. The second-order valence-electron chi connectivity index (χ2n) is 6.54. The van der Waals surface area contributed by atoms with Gasteiger partial charge in [-0.25, -0.2) is 0 Å². The lowest BCUT2D eigenvalue weighted by Crippen LogP contribution is -2.45. The first-order valence-corrected chi connectivity index (χ1v) is 9.14. The Balaban J connectivity index is 1.47. The zero-order valence-electron chi connectivity index (χ0n) is 15.9. The van der Waals surface area contributed by atoms with E-state index in [-0.39, 0.29) is 11.9 Å². The van der Waals surface area contributed by atoms with E-state index >= 15 is 0 Å². The van der Waals surface area contributed by atoms with Gasteiger partial charge in [-0.05, 0) is 48.4 Å². The average Bonchev–Trinajstić information content (AvgIpc) is 2.72. The van der Waals surface area contributed by atoms with Crippen molar-refractivity contribution in [1.82, 2.24) is 4.90 Å². The highest BCUT2D eigenvalue weighted by Gasteiger charge is 2.21. The van der Waals surface area contributed by atoms with Crippen molar-refractivity contribution in [2.45, 2.75) is 12.5 Å². The first kappa shape index (κ1) is 19.3. The zero-order valence-corrected chi connectivity index (χ0v) is 15.9.